The molecule has 0 unspecified atom stereocenters. The lowest BCUT2D eigenvalue weighted by molar-refractivity contribution is 0.967. The number of hydrogen-bond donors (Lipinski definition) is 0. The van der Waals surface area contributed by atoms with Crippen LogP contribution in [-0.2, 0) is 0 Å². The van der Waals surface area contributed by atoms with Crippen molar-refractivity contribution in [1.29, 1.82) is 0 Å². The number of hydrogen-bond acceptors (Lipinski definition) is 6. The standard InChI is InChI=1S/C19H11ClN6S/c20-16-8-7-15(27-16)14-11-26-18(13-6-2-4-10-22-13)17(24-25-19(26)23-14)12-5-1-3-9-21-12/h1-11H. The van der Waals surface area contributed by atoms with Crippen LogP contribution in [0.3, 0.4) is 0 Å². The van der Waals surface area contributed by atoms with E-state index in [-0.39, 0.29) is 0 Å². The minimum absolute atomic E-state index is 0.495. The molecule has 8 heteroatoms. The van der Waals surface area contributed by atoms with Crippen molar-refractivity contribution in [3.63, 3.8) is 0 Å². The molecular weight excluding hydrogens is 380 g/mol. The summed E-state index contributed by atoms with van der Waals surface area (Å²) in [7, 11) is 0. The van der Waals surface area contributed by atoms with Crippen LogP contribution in [0.2, 0.25) is 4.34 Å². The zero-order valence-corrected chi connectivity index (χ0v) is 15.4. The van der Waals surface area contributed by atoms with Crippen molar-refractivity contribution in [2.24, 2.45) is 0 Å². The lowest BCUT2D eigenvalue weighted by Crippen LogP contribution is -2.03. The second-order valence-electron chi connectivity index (χ2n) is 5.73. The molecule has 5 rings (SSSR count). The van der Waals surface area contributed by atoms with E-state index in [0.29, 0.717) is 15.8 Å². The minimum atomic E-state index is 0.495. The van der Waals surface area contributed by atoms with Gasteiger partial charge in [0.25, 0.3) is 5.78 Å². The van der Waals surface area contributed by atoms with Gasteiger partial charge in [0.1, 0.15) is 17.1 Å². The molecule has 5 aromatic heterocycles. The monoisotopic (exact) mass is 390 g/mol. The van der Waals surface area contributed by atoms with Gasteiger partial charge >= 0.3 is 0 Å². The Morgan fingerprint density at radius 2 is 1.59 bits per heavy atom. The highest BCUT2D eigenvalue weighted by Gasteiger charge is 2.19. The molecule has 0 bridgehead atoms. The van der Waals surface area contributed by atoms with Crippen LogP contribution in [-0.4, -0.2) is 29.5 Å². The molecule has 6 nitrogen and oxygen atoms in total. The van der Waals surface area contributed by atoms with Crippen LogP contribution in [0, 0.1) is 0 Å². The maximum Gasteiger partial charge on any atom is 0.254 e. The van der Waals surface area contributed by atoms with Crippen LogP contribution in [0.25, 0.3) is 39.1 Å². The molecule has 0 saturated carbocycles. The summed E-state index contributed by atoms with van der Waals surface area (Å²) in [5.41, 5.74) is 3.72. The van der Waals surface area contributed by atoms with Crippen LogP contribution in [0.15, 0.2) is 67.1 Å². The molecule has 5 heterocycles. The number of pyridine rings is 2. The number of imidazole rings is 1. The van der Waals surface area contributed by atoms with Crippen molar-refractivity contribution in [3.8, 4) is 33.3 Å². The summed E-state index contributed by atoms with van der Waals surface area (Å²) < 4.78 is 2.62. The van der Waals surface area contributed by atoms with E-state index in [9.17, 15) is 0 Å². The number of halogens is 1. The summed E-state index contributed by atoms with van der Waals surface area (Å²) >= 11 is 7.55. The minimum Gasteiger partial charge on any atom is -0.278 e. The molecule has 0 aliphatic heterocycles. The number of rotatable bonds is 3. The molecule has 27 heavy (non-hydrogen) atoms. The van der Waals surface area contributed by atoms with Gasteiger partial charge < -0.3 is 0 Å². The van der Waals surface area contributed by atoms with Crippen molar-refractivity contribution in [3.05, 3.63) is 71.5 Å². The first-order valence-corrected chi connectivity index (χ1v) is 9.33. The Bertz CT molecular complexity index is 1230. The molecule has 0 amide bonds. The molecule has 0 N–H and O–H groups in total. The Kier molecular flexibility index (Phi) is 3.88. The number of fused-ring (bicyclic) bond motifs is 1. The van der Waals surface area contributed by atoms with Crippen LogP contribution >= 0.6 is 22.9 Å². The third kappa shape index (κ3) is 2.87. The first-order chi connectivity index (χ1) is 13.3. The van der Waals surface area contributed by atoms with Crippen LogP contribution < -0.4 is 0 Å². The van der Waals surface area contributed by atoms with E-state index in [0.717, 1.165) is 27.7 Å². The molecule has 130 valence electrons. The second-order valence-corrected chi connectivity index (χ2v) is 7.44. The maximum atomic E-state index is 6.08. The number of aromatic nitrogens is 6. The Labute approximate surface area is 163 Å². The second kappa shape index (κ2) is 6.53. The molecule has 0 aromatic carbocycles. The van der Waals surface area contributed by atoms with Crippen LogP contribution in [0.4, 0.5) is 0 Å². The fourth-order valence-corrected chi connectivity index (χ4v) is 3.85. The molecule has 5 aromatic rings. The summed E-state index contributed by atoms with van der Waals surface area (Å²) in [4.78, 5) is 14.5. The molecular formula is C19H11ClN6S. The Morgan fingerprint density at radius 3 is 2.26 bits per heavy atom. The van der Waals surface area contributed by atoms with Gasteiger partial charge in [0.15, 0.2) is 0 Å². The van der Waals surface area contributed by atoms with Gasteiger partial charge in [0.2, 0.25) is 0 Å². The fraction of sp³-hybridized carbons (Fsp3) is 0. The van der Waals surface area contributed by atoms with Gasteiger partial charge in [-0.1, -0.05) is 23.7 Å². The smallest absolute Gasteiger partial charge is 0.254 e. The van der Waals surface area contributed by atoms with Crippen molar-refractivity contribution in [2.45, 2.75) is 0 Å². The third-order valence-corrected chi connectivity index (χ3v) is 5.29. The van der Waals surface area contributed by atoms with Crippen LogP contribution in [0.5, 0.6) is 0 Å². The highest BCUT2D eigenvalue weighted by molar-refractivity contribution is 7.19. The predicted molar refractivity (Wildman–Crippen MR) is 106 cm³/mol. The lowest BCUT2D eigenvalue weighted by atomic mass is 10.1. The lowest BCUT2D eigenvalue weighted by Gasteiger charge is -2.09. The molecule has 0 atom stereocenters. The van der Waals surface area contributed by atoms with Crippen molar-refractivity contribution in [2.75, 3.05) is 0 Å². The Hall–Kier alpha value is -3.16. The van der Waals surface area contributed by atoms with Gasteiger partial charge in [0.05, 0.1) is 20.6 Å². The van der Waals surface area contributed by atoms with E-state index < -0.39 is 0 Å². The van der Waals surface area contributed by atoms with E-state index >= 15 is 0 Å². The third-order valence-electron chi connectivity index (χ3n) is 4.03. The maximum absolute atomic E-state index is 6.08. The van der Waals surface area contributed by atoms with Gasteiger partial charge in [-0.2, -0.15) is 0 Å². The van der Waals surface area contributed by atoms with Gasteiger partial charge in [-0.05, 0) is 36.4 Å². The molecule has 0 saturated heterocycles. The van der Waals surface area contributed by atoms with Crippen molar-refractivity contribution >= 4 is 28.7 Å². The van der Waals surface area contributed by atoms with Crippen LogP contribution in [0.1, 0.15) is 0 Å². The number of nitrogens with zero attached hydrogens (tertiary/aromatic N) is 6. The zero-order valence-electron chi connectivity index (χ0n) is 13.8. The van der Waals surface area contributed by atoms with Crippen molar-refractivity contribution in [1.82, 2.24) is 29.5 Å². The molecule has 0 radical (unpaired) electrons. The average molecular weight is 391 g/mol. The fourth-order valence-electron chi connectivity index (χ4n) is 2.86. The predicted octanol–water partition coefficient (Wildman–Crippen LogP) is 4.63. The summed E-state index contributed by atoms with van der Waals surface area (Å²) in [5.74, 6) is 0.495. The SMILES string of the molecule is Clc1ccc(-c2cn3c(-c4ccccn4)c(-c4ccccn4)nnc3n2)s1. The van der Waals surface area contributed by atoms with E-state index in [4.69, 9.17) is 11.6 Å². The van der Waals surface area contributed by atoms with E-state index in [2.05, 4.69) is 25.1 Å². The topological polar surface area (TPSA) is 68.9 Å². The van der Waals surface area contributed by atoms with Gasteiger partial charge in [-0.15, -0.1) is 21.5 Å². The number of thiophene rings is 1. The summed E-state index contributed by atoms with van der Waals surface area (Å²) in [5, 5.41) is 8.71. The first kappa shape index (κ1) is 16.0. The summed E-state index contributed by atoms with van der Waals surface area (Å²) in [6.07, 6.45) is 5.42. The quantitative estimate of drug-likeness (QED) is 0.449. The highest BCUT2D eigenvalue weighted by Crippen LogP contribution is 2.33. The highest BCUT2D eigenvalue weighted by atomic mass is 35.5. The van der Waals surface area contributed by atoms with Gasteiger partial charge in [-0.25, -0.2) is 4.98 Å². The molecule has 0 aliphatic carbocycles. The van der Waals surface area contributed by atoms with E-state index in [1.165, 1.54) is 11.3 Å². The van der Waals surface area contributed by atoms with Gasteiger partial charge in [-0.3, -0.25) is 14.4 Å². The van der Waals surface area contributed by atoms with E-state index in [1.54, 1.807) is 12.4 Å². The average Bonchev–Trinajstić information content (AvgIpc) is 3.34. The molecule has 0 aliphatic rings. The first-order valence-electron chi connectivity index (χ1n) is 8.14. The molecule has 0 fully saturated rings. The largest absolute Gasteiger partial charge is 0.278 e. The molecule has 0 spiro atoms. The normalized spacial score (nSPS) is 11.1. The van der Waals surface area contributed by atoms with Crippen molar-refractivity contribution < 1.29 is 0 Å². The Morgan fingerprint density at radius 1 is 0.815 bits per heavy atom. The van der Waals surface area contributed by atoms with Gasteiger partial charge in [0, 0.05) is 18.6 Å². The summed E-state index contributed by atoms with van der Waals surface area (Å²) in [6, 6.07) is 15.2. The zero-order chi connectivity index (χ0) is 18.2. The summed E-state index contributed by atoms with van der Waals surface area (Å²) in [6.45, 7) is 0. The van der Waals surface area contributed by atoms with E-state index in [1.807, 2.05) is 59.1 Å². The Balaban J connectivity index is 1.80.